The number of anilines is 1. The average Bonchev–Trinajstić information content (AvgIpc) is 3.58. The van der Waals surface area contributed by atoms with Crippen LogP contribution < -0.4 is 5.73 Å². The Kier molecular flexibility index (Phi) is 6.87. The number of rotatable bonds is 5. The van der Waals surface area contributed by atoms with E-state index in [1.54, 1.807) is 6.33 Å². The van der Waals surface area contributed by atoms with Crippen molar-refractivity contribution in [3.63, 3.8) is 0 Å². The third kappa shape index (κ3) is 4.73. The van der Waals surface area contributed by atoms with Crippen molar-refractivity contribution >= 4 is 51.0 Å². The van der Waals surface area contributed by atoms with Crippen molar-refractivity contribution in [1.82, 2.24) is 29.2 Å². The minimum Gasteiger partial charge on any atom is -0.383 e. The van der Waals surface area contributed by atoms with E-state index in [9.17, 15) is 0 Å². The Morgan fingerprint density at radius 3 is 2.55 bits per heavy atom. The third-order valence-corrected chi connectivity index (χ3v) is 9.09. The number of nitrogen functional groups attached to an aromatic ring is 1. The van der Waals surface area contributed by atoms with Crippen LogP contribution in [0.2, 0.25) is 10.0 Å². The zero-order chi connectivity index (χ0) is 27.2. The molecule has 0 spiro atoms. The molecule has 7 rings (SSSR count). The summed E-state index contributed by atoms with van der Waals surface area (Å²) in [6.07, 6.45) is 8.05. The van der Waals surface area contributed by atoms with Gasteiger partial charge >= 0.3 is 0 Å². The van der Waals surface area contributed by atoms with Crippen LogP contribution in [0.1, 0.15) is 37.3 Å². The van der Waals surface area contributed by atoms with Gasteiger partial charge in [-0.1, -0.05) is 29.3 Å². The van der Waals surface area contributed by atoms with Crippen molar-refractivity contribution < 1.29 is 4.74 Å². The SMILES string of the molecule is Nc1ncnc2c1c(-c1ccc3c(ccn3Cc3cc(Cl)ccc3Cl)c1)nn2[C@H]1CC[C@H](N2CCOCC2)CC1. The highest BCUT2D eigenvalue weighted by Crippen LogP contribution is 2.38. The first kappa shape index (κ1) is 25.8. The fourth-order valence-corrected chi connectivity index (χ4v) is 6.77. The van der Waals surface area contributed by atoms with Gasteiger partial charge in [0.25, 0.3) is 0 Å². The number of nitrogens with two attached hydrogens (primary N) is 1. The van der Waals surface area contributed by atoms with E-state index < -0.39 is 0 Å². The van der Waals surface area contributed by atoms with Crippen LogP contribution in [0.3, 0.4) is 0 Å². The molecule has 2 aliphatic rings. The summed E-state index contributed by atoms with van der Waals surface area (Å²) in [6, 6.07) is 15.0. The maximum Gasteiger partial charge on any atom is 0.164 e. The second-order valence-corrected chi connectivity index (χ2v) is 11.7. The molecule has 4 heterocycles. The van der Waals surface area contributed by atoms with Crippen molar-refractivity contribution in [1.29, 1.82) is 0 Å². The Labute approximate surface area is 242 Å². The van der Waals surface area contributed by atoms with Crippen LogP contribution >= 0.6 is 23.2 Å². The molecule has 1 aliphatic heterocycles. The average molecular weight is 577 g/mol. The zero-order valence-corrected chi connectivity index (χ0v) is 23.7. The third-order valence-electron chi connectivity index (χ3n) is 8.49. The van der Waals surface area contributed by atoms with Crippen LogP contribution in [-0.2, 0) is 11.3 Å². The highest BCUT2D eigenvalue weighted by atomic mass is 35.5. The van der Waals surface area contributed by atoms with Gasteiger partial charge in [-0.3, -0.25) is 4.90 Å². The Morgan fingerprint density at radius 2 is 1.73 bits per heavy atom. The van der Waals surface area contributed by atoms with Gasteiger partial charge in [-0.05, 0) is 67.6 Å². The summed E-state index contributed by atoms with van der Waals surface area (Å²) in [4.78, 5) is 11.6. The van der Waals surface area contributed by atoms with Gasteiger partial charge in [-0.2, -0.15) is 5.10 Å². The van der Waals surface area contributed by atoms with Gasteiger partial charge in [0.1, 0.15) is 17.8 Å². The summed E-state index contributed by atoms with van der Waals surface area (Å²) in [6.45, 7) is 4.37. The van der Waals surface area contributed by atoms with Crippen LogP contribution in [0.15, 0.2) is 55.0 Å². The largest absolute Gasteiger partial charge is 0.383 e. The quantitative estimate of drug-likeness (QED) is 0.268. The number of hydrogen-bond acceptors (Lipinski definition) is 6. The zero-order valence-electron chi connectivity index (χ0n) is 22.1. The molecule has 2 fully saturated rings. The van der Waals surface area contributed by atoms with E-state index in [2.05, 4.69) is 54.6 Å². The van der Waals surface area contributed by atoms with Gasteiger partial charge < -0.3 is 15.0 Å². The number of benzene rings is 2. The van der Waals surface area contributed by atoms with Crippen LogP contribution in [-0.4, -0.2) is 61.6 Å². The Morgan fingerprint density at radius 1 is 0.925 bits per heavy atom. The number of nitrogens with zero attached hydrogens (tertiary/aromatic N) is 6. The summed E-state index contributed by atoms with van der Waals surface area (Å²) < 4.78 is 9.84. The summed E-state index contributed by atoms with van der Waals surface area (Å²) in [5, 5.41) is 8.46. The van der Waals surface area contributed by atoms with E-state index in [1.807, 2.05) is 18.2 Å². The first-order valence-electron chi connectivity index (χ1n) is 13.9. The maximum absolute atomic E-state index is 6.44. The molecular formula is C30H31Cl2N7O. The Balaban J connectivity index is 1.20. The van der Waals surface area contributed by atoms with E-state index in [1.165, 1.54) is 0 Å². The highest BCUT2D eigenvalue weighted by molar-refractivity contribution is 6.33. The van der Waals surface area contributed by atoms with Gasteiger partial charge in [0, 0.05) is 58.4 Å². The van der Waals surface area contributed by atoms with E-state index >= 15 is 0 Å². The standard InChI is InChI=1S/C30H31Cl2N7O/c31-22-2-7-25(32)21(16-22)17-38-10-9-19-15-20(1-8-26(19)38)28-27-29(33)34-18-35-30(27)39(36-28)24-5-3-23(4-6-24)37-11-13-40-14-12-37/h1-2,7-10,15-16,18,23-24H,3-6,11-14,17H2,(H2,33,34,35)/t23-,24-. The molecule has 2 aromatic carbocycles. The number of hydrogen-bond donors (Lipinski definition) is 1. The van der Waals surface area contributed by atoms with Crippen molar-refractivity contribution in [3.05, 3.63) is 70.6 Å². The van der Waals surface area contributed by atoms with E-state index in [0.717, 1.165) is 90.7 Å². The lowest BCUT2D eigenvalue weighted by atomic mass is 9.90. The summed E-state index contributed by atoms with van der Waals surface area (Å²) in [7, 11) is 0. The highest BCUT2D eigenvalue weighted by Gasteiger charge is 2.30. The van der Waals surface area contributed by atoms with Gasteiger partial charge in [0.15, 0.2) is 5.65 Å². The molecule has 1 saturated heterocycles. The minimum atomic E-state index is 0.287. The molecular weight excluding hydrogens is 545 g/mol. The van der Waals surface area contributed by atoms with Gasteiger partial charge in [-0.15, -0.1) is 0 Å². The number of fused-ring (bicyclic) bond motifs is 2. The molecule has 206 valence electrons. The van der Waals surface area contributed by atoms with Crippen LogP contribution in [0.5, 0.6) is 0 Å². The second kappa shape index (κ2) is 10.7. The first-order chi connectivity index (χ1) is 19.5. The lowest BCUT2D eigenvalue weighted by molar-refractivity contribution is 0.00520. The minimum absolute atomic E-state index is 0.287. The van der Waals surface area contributed by atoms with Crippen LogP contribution in [0.4, 0.5) is 5.82 Å². The normalized spacial score (nSPS) is 20.4. The molecule has 40 heavy (non-hydrogen) atoms. The predicted molar refractivity (Wildman–Crippen MR) is 160 cm³/mol. The Hall–Kier alpha value is -3.17. The Bertz CT molecular complexity index is 1680. The molecule has 3 aromatic heterocycles. The van der Waals surface area contributed by atoms with Gasteiger partial charge in [0.05, 0.1) is 24.6 Å². The van der Waals surface area contributed by atoms with Crippen LogP contribution in [0.25, 0.3) is 33.2 Å². The van der Waals surface area contributed by atoms with Gasteiger partial charge in [-0.25, -0.2) is 14.6 Å². The molecule has 5 aromatic rings. The number of aromatic nitrogens is 5. The van der Waals surface area contributed by atoms with Crippen molar-refractivity contribution in [2.45, 2.75) is 44.3 Å². The summed E-state index contributed by atoms with van der Waals surface area (Å²) in [5.41, 5.74) is 11.2. The molecule has 0 unspecified atom stereocenters. The maximum atomic E-state index is 6.44. The topological polar surface area (TPSA) is 87.0 Å². The molecule has 0 radical (unpaired) electrons. The van der Waals surface area contributed by atoms with E-state index in [-0.39, 0.29) is 6.04 Å². The van der Waals surface area contributed by atoms with E-state index in [4.69, 9.17) is 38.8 Å². The van der Waals surface area contributed by atoms with Crippen molar-refractivity contribution in [2.75, 3.05) is 32.0 Å². The van der Waals surface area contributed by atoms with Crippen molar-refractivity contribution in [2.24, 2.45) is 0 Å². The molecule has 10 heteroatoms. The lowest BCUT2D eigenvalue weighted by Crippen LogP contribution is -2.45. The molecule has 2 N–H and O–H groups in total. The molecule has 0 atom stereocenters. The fraction of sp³-hybridized carbons (Fsp3) is 0.367. The van der Waals surface area contributed by atoms with E-state index in [0.29, 0.717) is 28.4 Å². The fourth-order valence-electron chi connectivity index (χ4n) is 6.40. The first-order valence-corrected chi connectivity index (χ1v) is 14.6. The summed E-state index contributed by atoms with van der Waals surface area (Å²) in [5.74, 6) is 0.460. The number of ether oxygens (including phenoxy) is 1. The summed E-state index contributed by atoms with van der Waals surface area (Å²) >= 11 is 12.7. The van der Waals surface area contributed by atoms with Gasteiger partial charge in [0.2, 0.25) is 0 Å². The monoisotopic (exact) mass is 575 g/mol. The predicted octanol–water partition coefficient (Wildman–Crippen LogP) is 6.20. The second-order valence-electron chi connectivity index (χ2n) is 10.8. The molecule has 1 aliphatic carbocycles. The van der Waals surface area contributed by atoms with Crippen molar-refractivity contribution in [3.8, 4) is 11.3 Å². The number of halogens is 2. The smallest absolute Gasteiger partial charge is 0.164 e. The molecule has 0 amide bonds. The number of morpholine rings is 1. The molecule has 8 nitrogen and oxygen atoms in total. The lowest BCUT2D eigenvalue weighted by Gasteiger charge is -2.38. The molecule has 0 bridgehead atoms. The van der Waals surface area contributed by atoms with Crippen LogP contribution in [0, 0.1) is 0 Å². The molecule has 1 saturated carbocycles.